The number of carbonyl (C=O) groups is 2. The molecular weight excluding hydrogens is 444 g/mol. The largest absolute Gasteiger partial charge is 0.497 e. The van der Waals surface area contributed by atoms with E-state index < -0.39 is 22.6 Å². The van der Waals surface area contributed by atoms with Crippen molar-refractivity contribution in [2.45, 2.75) is 4.90 Å². The number of amides is 1. The summed E-state index contributed by atoms with van der Waals surface area (Å²) < 4.78 is 37.7. The molecule has 1 amide bonds. The predicted octanol–water partition coefficient (Wildman–Crippen LogP) is 2.54. The topological polar surface area (TPSA) is 93.2 Å². The number of hydrogen-bond donors (Lipinski definition) is 0. The van der Waals surface area contributed by atoms with Crippen molar-refractivity contribution in [2.24, 2.45) is 0 Å². The van der Waals surface area contributed by atoms with E-state index in [-0.39, 0.29) is 37.0 Å². The van der Waals surface area contributed by atoms with Gasteiger partial charge >= 0.3 is 5.97 Å². The van der Waals surface area contributed by atoms with Crippen molar-refractivity contribution in [1.82, 2.24) is 9.21 Å². The molecule has 1 saturated heterocycles. The molecule has 3 aromatic carbocycles. The second-order valence-corrected chi connectivity index (χ2v) is 9.54. The van der Waals surface area contributed by atoms with Crippen LogP contribution in [0.15, 0.2) is 71.6 Å². The Morgan fingerprint density at radius 1 is 0.879 bits per heavy atom. The zero-order chi connectivity index (χ0) is 23.4. The fourth-order valence-corrected chi connectivity index (χ4v) is 5.14. The molecule has 0 saturated carbocycles. The number of carbonyl (C=O) groups excluding carboxylic acids is 2. The van der Waals surface area contributed by atoms with Gasteiger partial charge in [-0.05, 0) is 47.2 Å². The van der Waals surface area contributed by atoms with Crippen LogP contribution in [-0.2, 0) is 19.6 Å². The fourth-order valence-electron chi connectivity index (χ4n) is 3.68. The van der Waals surface area contributed by atoms with Crippen molar-refractivity contribution in [2.75, 3.05) is 39.9 Å². The van der Waals surface area contributed by atoms with Gasteiger partial charge in [0.15, 0.2) is 6.61 Å². The third-order valence-corrected chi connectivity index (χ3v) is 7.50. The predicted molar refractivity (Wildman–Crippen MR) is 123 cm³/mol. The molecule has 9 heteroatoms. The Hall–Kier alpha value is -3.43. The van der Waals surface area contributed by atoms with E-state index in [2.05, 4.69) is 0 Å². The highest BCUT2D eigenvalue weighted by molar-refractivity contribution is 7.89. The summed E-state index contributed by atoms with van der Waals surface area (Å²) in [5.74, 6) is -0.359. The number of benzene rings is 3. The monoisotopic (exact) mass is 468 g/mol. The van der Waals surface area contributed by atoms with E-state index in [9.17, 15) is 18.0 Å². The number of fused-ring (bicyclic) bond motifs is 1. The summed E-state index contributed by atoms with van der Waals surface area (Å²) in [5.41, 5.74) is 0.315. The van der Waals surface area contributed by atoms with Crippen molar-refractivity contribution in [1.29, 1.82) is 0 Å². The summed E-state index contributed by atoms with van der Waals surface area (Å²) >= 11 is 0. The van der Waals surface area contributed by atoms with E-state index in [1.807, 2.05) is 24.3 Å². The van der Waals surface area contributed by atoms with Crippen LogP contribution in [-0.4, -0.2) is 69.4 Å². The maximum atomic E-state index is 13.1. The highest BCUT2D eigenvalue weighted by atomic mass is 32.2. The molecule has 172 valence electrons. The van der Waals surface area contributed by atoms with Gasteiger partial charge in [-0.3, -0.25) is 4.79 Å². The van der Waals surface area contributed by atoms with Gasteiger partial charge in [0.25, 0.3) is 5.91 Å². The Bertz CT molecular complexity index is 1270. The SMILES string of the molecule is COc1ccc(C(=O)OCC(=O)N2CCN(S(=O)(=O)c3ccc4ccccc4c3)CC2)cc1. The normalized spacial score (nSPS) is 14.8. The van der Waals surface area contributed by atoms with Crippen LogP contribution in [0.1, 0.15) is 10.4 Å². The molecule has 1 aliphatic heterocycles. The molecule has 1 aliphatic rings. The first-order chi connectivity index (χ1) is 15.9. The Morgan fingerprint density at radius 2 is 1.55 bits per heavy atom. The maximum absolute atomic E-state index is 13.1. The Morgan fingerprint density at radius 3 is 2.21 bits per heavy atom. The number of ether oxygens (including phenoxy) is 2. The maximum Gasteiger partial charge on any atom is 0.338 e. The van der Waals surface area contributed by atoms with E-state index in [0.29, 0.717) is 11.3 Å². The van der Waals surface area contributed by atoms with Gasteiger partial charge in [-0.1, -0.05) is 30.3 Å². The molecule has 33 heavy (non-hydrogen) atoms. The van der Waals surface area contributed by atoms with E-state index in [0.717, 1.165) is 10.8 Å². The van der Waals surface area contributed by atoms with E-state index in [1.54, 1.807) is 42.5 Å². The number of piperazine rings is 1. The highest BCUT2D eigenvalue weighted by Gasteiger charge is 2.30. The minimum Gasteiger partial charge on any atom is -0.497 e. The summed E-state index contributed by atoms with van der Waals surface area (Å²) in [6, 6.07) is 19.0. The van der Waals surface area contributed by atoms with Crippen LogP contribution >= 0.6 is 0 Å². The zero-order valence-electron chi connectivity index (χ0n) is 18.1. The summed E-state index contributed by atoms with van der Waals surface area (Å²) in [6.45, 7) is 0.403. The molecule has 0 unspecified atom stereocenters. The lowest BCUT2D eigenvalue weighted by molar-refractivity contribution is -0.135. The lowest BCUT2D eigenvalue weighted by Gasteiger charge is -2.33. The smallest absolute Gasteiger partial charge is 0.338 e. The van der Waals surface area contributed by atoms with Crippen LogP contribution in [0.3, 0.4) is 0 Å². The van der Waals surface area contributed by atoms with Gasteiger partial charge in [0.05, 0.1) is 17.6 Å². The first-order valence-electron chi connectivity index (χ1n) is 10.5. The lowest BCUT2D eigenvalue weighted by atomic mass is 10.1. The third kappa shape index (κ3) is 4.99. The molecule has 8 nitrogen and oxygen atoms in total. The number of hydrogen-bond acceptors (Lipinski definition) is 6. The van der Waals surface area contributed by atoms with Gasteiger partial charge in [-0.25, -0.2) is 13.2 Å². The van der Waals surface area contributed by atoms with E-state index in [4.69, 9.17) is 9.47 Å². The molecular formula is C24H24N2O6S. The molecule has 0 spiro atoms. The Balaban J connectivity index is 1.32. The van der Waals surface area contributed by atoms with Crippen molar-refractivity contribution >= 4 is 32.7 Å². The Kier molecular flexibility index (Phi) is 6.62. The quantitative estimate of drug-likeness (QED) is 0.516. The van der Waals surface area contributed by atoms with Crippen LogP contribution in [0.25, 0.3) is 10.8 Å². The summed E-state index contributed by atoms with van der Waals surface area (Å²) in [4.78, 5) is 26.4. The summed E-state index contributed by atoms with van der Waals surface area (Å²) in [6.07, 6.45) is 0. The van der Waals surface area contributed by atoms with Crippen molar-refractivity contribution < 1.29 is 27.5 Å². The van der Waals surface area contributed by atoms with Gasteiger partial charge in [0, 0.05) is 26.2 Å². The average molecular weight is 469 g/mol. The minimum atomic E-state index is -3.67. The van der Waals surface area contributed by atoms with Gasteiger partial charge in [-0.15, -0.1) is 0 Å². The van der Waals surface area contributed by atoms with Crippen LogP contribution in [0.4, 0.5) is 0 Å². The van der Waals surface area contributed by atoms with Crippen molar-refractivity contribution in [3.63, 3.8) is 0 Å². The highest BCUT2D eigenvalue weighted by Crippen LogP contribution is 2.23. The second-order valence-electron chi connectivity index (χ2n) is 7.60. The molecule has 4 rings (SSSR count). The van der Waals surface area contributed by atoms with Crippen molar-refractivity contribution in [3.05, 3.63) is 72.3 Å². The second kappa shape index (κ2) is 9.60. The Labute approximate surface area is 192 Å². The number of nitrogens with zero attached hydrogens (tertiary/aromatic N) is 2. The molecule has 0 aliphatic carbocycles. The van der Waals surface area contributed by atoms with E-state index >= 15 is 0 Å². The third-order valence-electron chi connectivity index (χ3n) is 5.60. The number of esters is 1. The average Bonchev–Trinajstić information content (AvgIpc) is 2.86. The van der Waals surface area contributed by atoms with Crippen LogP contribution < -0.4 is 4.74 Å². The lowest BCUT2D eigenvalue weighted by Crippen LogP contribution is -2.51. The molecule has 0 bridgehead atoms. The molecule has 3 aromatic rings. The molecule has 0 radical (unpaired) electrons. The van der Waals surface area contributed by atoms with Crippen LogP contribution in [0.5, 0.6) is 5.75 Å². The van der Waals surface area contributed by atoms with Gasteiger partial charge < -0.3 is 14.4 Å². The first-order valence-corrected chi connectivity index (χ1v) is 11.9. The number of rotatable bonds is 6. The number of methoxy groups -OCH3 is 1. The minimum absolute atomic E-state index is 0.174. The standard InChI is InChI=1S/C24H24N2O6S/c1-31-21-9-6-19(7-10-21)24(28)32-17-23(27)25-12-14-26(15-13-25)33(29,30)22-11-8-18-4-2-3-5-20(18)16-22/h2-11,16H,12-15,17H2,1H3. The zero-order valence-corrected chi connectivity index (χ0v) is 19.0. The first kappa shape index (κ1) is 22.8. The van der Waals surface area contributed by atoms with Crippen molar-refractivity contribution in [3.8, 4) is 5.75 Å². The van der Waals surface area contributed by atoms with Gasteiger partial charge in [0.1, 0.15) is 5.75 Å². The molecule has 1 fully saturated rings. The van der Waals surface area contributed by atoms with Crippen LogP contribution in [0.2, 0.25) is 0 Å². The molecule has 0 atom stereocenters. The molecule has 0 N–H and O–H groups in total. The van der Waals surface area contributed by atoms with Crippen LogP contribution in [0, 0.1) is 0 Å². The molecule has 1 heterocycles. The number of sulfonamides is 1. The fraction of sp³-hybridized carbons (Fsp3) is 0.250. The molecule has 0 aromatic heterocycles. The summed E-state index contributed by atoms with van der Waals surface area (Å²) in [7, 11) is -2.14. The van der Waals surface area contributed by atoms with E-state index in [1.165, 1.54) is 16.3 Å². The van der Waals surface area contributed by atoms with Gasteiger partial charge in [-0.2, -0.15) is 4.31 Å². The summed E-state index contributed by atoms with van der Waals surface area (Å²) in [5, 5.41) is 1.82. The van der Waals surface area contributed by atoms with Gasteiger partial charge in [0.2, 0.25) is 10.0 Å².